The molecule has 9 aromatic carbocycles. The van der Waals surface area contributed by atoms with Gasteiger partial charge in [0.05, 0.1) is 0 Å². The zero-order valence-corrected chi connectivity index (χ0v) is 35.8. The van der Waals surface area contributed by atoms with E-state index >= 15 is 0 Å². The highest BCUT2D eigenvalue weighted by Gasteiger charge is 2.17. The first kappa shape index (κ1) is 39.8. The molecule has 0 radical (unpaired) electrons. The molecular weight excluding hydrogens is 805 g/mol. The van der Waals surface area contributed by atoms with Gasteiger partial charge >= 0.3 is 0 Å². The molecule has 0 amide bonds. The normalized spacial score (nSPS) is 11.0. The first-order valence-corrected chi connectivity index (χ1v) is 21.9. The largest absolute Gasteiger partial charge is 0.208 e. The predicted molar refractivity (Wildman–Crippen MR) is 268 cm³/mol. The summed E-state index contributed by atoms with van der Waals surface area (Å²) in [7, 11) is 0. The van der Waals surface area contributed by atoms with Crippen molar-refractivity contribution in [3.63, 3.8) is 0 Å². The first-order chi connectivity index (χ1) is 32.7. The topological polar surface area (TPSA) is 77.3 Å². The maximum Gasteiger partial charge on any atom is 0.164 e. The molecule has 11 rings (SSSR count). The molecule has 0 atom stereocenters. The Kier molecular flexibility index (Phi) is 10.9. The highest BCUT2D eigenvalue weighted by atomic mass is 15.0. The van der Waals surface area contributed by atoms with E-state index in [-0.39, 0.29) is 0 Å². The molecule has 0 N–H and O–H groups in total. The van der Waals surface area contributed by atoms with Gasteiger partial charge in [0.2, 0.25) is 0 Å². The molecule has 0 unspecified atom stereocenters. The Balaban J connectivity index is 0.947. The van der Waals surface area contributed by atoms with Crippen LogP contribution in [-0.2, 0) is 0 Å². The summed E-state index contributed by atoms with van der Waals surface area (Å²) in [5, 5.41) is 0. The van der Waals surface area contributed by atoms with Gasteiger partial charge in [-0.25, -0.2) is 29.9 Å². The minimum Gasteiger partial charge on any atom is -0.208 e. The van der Waals surface area contributed by atoms with Crippen molar-refractivity contribution < 1.29 is 0 Å². The van der Waals surface area contributed by atoms with E-state index in [4.69, 9.17) is 29.9 Å². The Morgan fingerprint density at radius 2 is 0.409 bits per heavy atom. The van der Waals surface area contributed by atoms with Crippen LogP contribution in [0.1, 0.15) is 0 Å². The Labute approximate surface area is 383 Å². The van der Waals surface area contributed by atoms with Gasteiger partial charge in [0.25, 0.3) is 0 Å². The van der Waals surface area contributed by atoms with Crippen LogP contribution in [0.5, 0.6) is 0 Å². The fourth-order valence-electron chi connectivity index (χ4n) is 8.24. The molecule has 0 saturated heterocycles. The third-order valence-corrected chi connectivity index (χ3v) is 11.6. The summed E-state index contributed by atoms with van der Waals surface area (Å²) in [5.74, 6) is 3.70. The highest BCUT2D eigenvalue weighted by Crippen LogP contribution is 2.36. The van der Waals surface area contributed by atoms with Crippen molar-refractivity contribution in [1.29, 1.82) is 0 Å². The van der Waals surface area contributed by atoms with Crippen molar-refractivity contribution in [3.05, 3.63) is 243 Å². The van der Waals surface area contributed by atoms with E-state index in [0.717, 1.165) is 66.8 Å². The van der Waals surface area contributed by atoms with Crippen molar-refractivity contribution in [1.82, 2.24) is 29.9 Å². The highest BCUT2D eigenvalue weighted by molar-refractivity contribution is 5.84. The lowest BCUT2D eigenvalue weighted by Gasteiger charge is -2.13. The number of aromatic nitrogens is 6. The van der Waals surface area contributed by atoms with E-state index in [1.807, 2.05) is 103 Å². The van der Waals surface area contributed by atoms with Crippen molar-refractivity contribution in [3.8, 4) is 113 Å². The van der Waals surface area contributed by atoms with Crippen LogP contribution in [-0.4, -0.2) is 29.9 Å². The third kappa shape index (κ3) is 8.42. The van der Waals surface area contributed by atoms with Gasteiger partial charge < -0.3 is 0 Å². The van der Waals surface area contributed by atoms with Gasteiger partial charge in [-0.15, -0.1) is 0 Å². The van der Waals surface area contributed by atoms with Crippen molar-refractivity contribution in [2.75, 3.05) is 0 Å². The van der Waals surface area contributed by atoms with E-state index in [9.17, 15) is 0 Å². The van der Waals surface area contributed by atoms with Crippen LogP contribution in [0.25, 0.3) is 113 Å². The summed E-state index contributed by atoms with van der Waals surface area (Å²) >= 11 is 0. The summed E-state index contributed by atoms with van der Waals surface area (Å²) in [6.45, 7) is 0. The van der Waals surface area contributed by atoms with Gasteiger partial charge in [0.15, 0.2) is 34.9 Å². The van der Waals surface area contributed by atoms with Gasteiger partial charge in [-0.05, 0) is 62.7 Å². The van der Waals surface area contributed by atoms with Crippen LogP contribution in [0.4, 0.5) is 0 Å². The van der Waals surface area contributed by atoms with Crippen LogP contribution in [0.15, 0.2) is 243 Å². The lowest BCUT2D eigenvalue weighted by molar-refractivity contribution is 1.07. The van der Waals surface area contributed by atoms with E-state index in [0.29, 0.717) is 34.9 Å². The zero-order chi connectivity index (χ0) is 44.1. The molecule has 2 heterocycles. The SMILES string of the molecule is c1ccc(-c2ccc(-c3ccccc3-c3nc(-c4ccccc4)nc(-c4cccc(-c5cccc(-c6cccc(-c7nc(-c8ccccc8)nc(-c8ccccc8)n7)c6)c5)c4)n3)cc2)cc1. The Bertz CT molecular complexity index is 3390. The summed E-state index contributed by atoms with van der Waals surface area (Å²) in [6.07, 6.45) is 0. The van der Waals surface area contributed by atoms with Gasteiger partial charge in [-0.3, -0.25) is 0 Å². The molecule has 0 spiro atoms. The molecule has 0 aliphatic carbocycles. The minimum absolute atomic E-state index is 0.598. The van der Waals surface area contributed by atoms with Gasteiger partial charge in [0, 0.05) is 33.4 Å². The van der Waals surface area contributed by atoms with E-state index < -0.39 is 0 Å². The van der Waals surface area contributed by atoms with E-state index in [1.165, 1.54) is 11.1 Å². The van der Waals surface area contributed by atoms with Crippen LogP contribution < -0.4 is 0 Å². The number of nitrogens with zero attached hydrogens (tertiary/aromatic N) is 6. The number of hydrogen-bond donors (Lipinski definition) is 0. The molecule has 0 fully saturated rings. The van der Waals surface area contributed by atoms with Crippen LogP contribution >= 0.6 is 0 Å². The van der Waals surface area contributed by atoms with Crippen LogP contribution in [0.2, 0.25) is 0 Å². The average molecular weight is 845 g/mol. The third-order valence-electron chi connectivity index (χ3n) is 11.6. The molecule has 0 bridgehead atoms. The first-order valence-electron chi connectivity index (χ1n) is 21.9. The summed E-state index contributed by atoms with van der Waals surface area (Å²) in [5.41, 5.74) is 14.2. The quantitative estimate of drug-likeness (QED) is 0.136. The fraction of sp³-hybridized carbons (Fsp3) is 0. The molecule has 0 aliphatic heterocycles. The van der Waals surface area contributed by atoms with Crippen molar-refractivity contribution in [2.45, 2.75) is 0 Å². The second kappa shape index (κ2) is 18.0. The molecule has 310 valence electrons. The molecule has 2 aromatic heterocycles. The molecule has 6 heteroatoms. The lowest BCUT2D eigenvalue weighted by Crippen LogP contribution is -2.01. The number of rotatable bonds is 10. The molecular formula is C60H40N6. The Morgan fingerprint density at radius 1 is 0.152 bits per heavy atom. The van der Waals surface area contributed by atoms with Gasteiger partial charge in [-0.1, -0.05) is 224 Å². The van der Waals surface area contributed by atoms with E-state index in [2.05, 4.69) is 140 Å². The predicted octanol–water partition coefficient (Wildman–Crippen LogP) is 14.7. The lowest BCUT2D eigenvalue weighted by atomic mass is 9.96. The average Bonchev–Trinajstić information content (AvgIpc) is 3.42. The zero-order valence-electron chi connectivity index (χ0n) is 35.8. The Morgan fingerprint density at radius 3 is 0.818 bits per heavy atom. The van der Waals surface area contributed by atoms with Crippen LogP contribution in [0, 0.1) is 0 Å². The van der Waals surface area contributed by atoms with Crippen molar-refractivity contribution >= 4 is 0 Å². The summed E-state index contributed by atoms with van der Waals surface area (Å²) in [6, 6.07) is 83.1. The number of hydrogen-bond acceptors (Lipinski definition) is 6. The summed E-state index contributed by atoms with van der Waals surface area (Å²) < 4.78 is 0. The summed E-state index contributed by atoms with van der Waals surface area (Å²) in [4.78, 5) is 30.3. The maximum absolute atomic E-state index is 5.20. The minimum atomic E-state index is 0.598. The monoisotopic (exact) mass is 844 g/mol. The van der Waals surface area contributed by atoms with Gasteiger partial charge in [0.1, 0.15) is 0 Å². The molecule has 0 aliphatic rings. The van der Waals surface area contributed by atoms with Crippen LogP contribution in [0.3, 0.4) is 0 Å². The molecule has 11 aromatic rings. The Hall–Kier alpha value is -9.00. The van der Waals surface area contributed by atoms with Gasteiger partial charge in [-0.2, -0.15) is 0 Å². The smallest absolute Gasteiger partial charge is 0.164 e. The molecule has 66 heavy (non-hydrogen) atoms. The second-order valence-electron chi connectivity index (χ2n) is 15.9. The fourth-order valence-corrected chi connectivity index (χ4v) is 8.24. The van der Waals surface area contributed by atoms with Crippen molar-refractivity contribution in [2.24, 2.45) is 0 Å². The maximum atomic E-state index is 5.20. The molecule has 0 saturated carbocycles. The molecule has 6 nitrogen and oxygen atoms in total. The standard InChI is InChI=1S/C60H40N6/c1-5-18-41(19-6-1)42-34-36-43(37-35-42)53-32-13-14-33-54(53)60-65-57(46-24-11-4-12-25-46)64-59(66-60)52-31-17-29-50(40-52)48-27-15-26-47(38-48)49-28-16-30-51(39-49)58-62-55(44-20-7-2-8-21-44)61-56(63-58)45-22-9-3-10-23-45/h1-40H. The number of benzene rings is 9. The van der Waals surface area contributed by atoms with E-state index in [1.54, 1.807) is 0 Å². The second-order valence-corrected chi connectivity index (χ2v) is 15.9.